The number of carboxylic acids is 1. The van der Waals surface area contributed by atoms with Crippen LogP contribution in [-0.2, 0) is 4.74 Å². The van der Waals surface area contributed by atoms with E-state index in [1.54, 1.807) is 14.0 Å². The van der Waals surface area contributed by atoms with E-state index in [-0.39, 0.29) is 45.2 Å². The van der Waals surface area contributed by atoms with Crippen molar-refractivity contribution in [2.24, 2.45) is 0 Å². The monoisotopic (exact) mass is 597 g/mol. The van der Waals surface area contributed by atoms with Crippen LogP contribution in [0.25, 0.3) is 11.4 Å². The molecule has 0 radical (unpaired) electrons. The first-order valence-electron chi connectivity index (χ1n) is 12.0. The number of nitrogens with zero attached hydrogens (tertiary/aromatic N) is 5. The maximum absolute atomic E-state index is 12.9. The number of halogens is 2. The van der Waals surface area contributed by atoms with Crippen molar-refractivity contribution < 1.29 is 24.2 Å². The van der Waals surface area contributed by atoms with E-state index in [4.69, 9.17) is 32.7 Å². The summed E-state index contributed by atoms with van der Waals surface area (Å²) in [6.45, 7) is 3.72. The number of H-pyrrole nitrogens is 1. The predicted octanol–water partition coefficient (Wildman–Crippen LogP) is 3.21. The summed E-state index contributed by atoms with van der Waals surface area (Å²) < 4.78 is 11.3. The first-order chi connectivity index (χ1) is 18.6. The SMILES string of the molecule is CO[C@H]1CN(c2nc(-c3cncc(OCCN(C)C)n3)c(C(=O)O)s2)CC[C@H]1NC(=O)c1[nH]c(C)c(Cl)c1Cl. The molecule has 3 aromatic heterocycles. The van der Waals surface area contributed by atoms with Crippen LogP contribution in [0, 0.1) is 6.92 Å². The van der Waals surface area contributed by atoms with Gasteiger partial charge in [-0.15, -0.1) is 0 Å². The molecule has 0 unspecified atom stereocenters. The van der Waals surface area contributed by atoms with Gasteiger partial charge in [-0.2, -0.15) is 0 Å². The Balaban J connectivity index is 1.50. The number of aryl methyl sites for hydroxylation is 1. The summed E-state index contributed by atoms with van der Waals surface area (Å²) >= 11 is 13.4. The van der Waals surface area contributed by atoms with Gasteiger partial charge in [-0.25, -0.2) is 14.8 Å². The fourth-order valence-electron chi connectivity index (χ4n) is 4.09. The molecule has 2 atom stereocenters. The lowest BCUT2D eigenvalue weighted by molar-refractivity contribution is 0.0540. The number of ether oxygens (including phenoxy) is 2. The van der Waals surface area contributed by atoms with Gasteiger partial charge in [0.1, 0.15) is 28.6 Å². The lowest BCUT2D eigenvalue weighted by Gasteiger charge is -2.37. The number of aromatic nitrogens is 4. The molecule has 0 bridgehead atoms. The lowest BCUT2D eigenvalue weighted by Crippen LogP contribution is -2.55. The third-order valence-electron chi connectivity index (χ3n) is 6.18. The highest BCUT2D eigenvalue weighted by Gasteiger charge is 2.34. The second-order valence-electron chi connectivity index (χ2n) is 9.22. The molecule has 210 valence electrons. The summed E-state index contributed by atoms with van der Waals surface area (Å²) in [5.74, 6) is -1.21. The van der Waals surface area contributed by atoms with E-state index >= 15 is 0 Å². The fourth-order valence-corrected chi connectivity index (χ4v) is 5.46. The van der Waals surface area contributed by atoms with E-state index < -0.39 is 5.97 Å². The van der Waals surface area contributed by atoms with Crippen molar-refractivity contribution >= 4 is 51.5 Å². The number of carbonyl (C=O) groups is 2. The van der Waals surface area contributed by atoms with Crippen LogP contribution in [0.3, 0.4) is 0 Å². The zero-order valence-corrected chi connectivity index (χ0v) is 24.2. The molecule has 4 rings (SSSR count). The molecule has 1 amide bonds. The van der Waals surface area contributed by atoms with E-state index in [0.717, 1.165) is 11.3 Å². The Labute approximate surface area is 239 Å². The summed E-state index contributed by atoms with van der Waals surface area (Å²) in [7, 11) is 5.42. The van der Waals surface area contributed by atoms with Crippen molar-refractivity contribution in [3.05, 3.63) is 38.7 Å². The first-order valence-corrected chi connectivity index (χ1v) is 13.6. The first kappa shape index (κ1) is 29.0. The van der Waals surface area contributed by atoms with Gasteiger partial charge in [-0.3, -0.25) is 9.78 Å². The van der Waals surface area contributed by atoms with Gasteiger partial charge < -0.3 is 34.7 Å². The molecule has 3 N–H and O–H groups in total. The number of nitrogens with one attached hydrogen (secondary N) is 2. The van der Waals surface area contributed by atoms with Crippen LogP contribution < -0.4 is 15.0 Å². The summed E-state index contributed by atoms with van der Waals surface area (Å²) in [5.41, 5.74) is 1.32. The van der Waals surface area contributed by atoms with Crippen LogP contribution >= 0.6 is 34.5 Å². The molecule has 1 aliphatic heterocycles. The van der Waals surface area contributed by atoms with Crippen LogP contribution in [0.15, 0.2) is 12.4 Å². The van der Waals surface area contributed by atoms with Gasteiger partial charge in [0.25, 0.3) is 5.91 Å². The Morgan fingerprint density at radius 1 is 1.28 bits per heavy atom. The molecule has 1 fully saturated rings. The van der Waals surface area contributed by atoms with E-state index in [9.17, 15) is 14.7 Å². The van der Waals surface area contributed by atoms with Crippen LogP contribution in [0.5, 0.6) is 5.88 Å². The van der Waals surface area contributed by atoms with E-state index in [1.165, 1.54) is 12.4 Å². The minimum atomic E-state index is -1.11. The van der Waals surface area contributed by atoms with Gasteiger partial charge in [0.05, 0.1) is 34.6 Å². The van der Waals surface area contributed by atoms with Gasteiger partial charge in [0.2, 0.25) is 5.88 Å². The molecule has 0 saturated carbocycles. The quantitative estimate of drug-likeness (QED) is 0.318. The minimum absolute atomic E-state index is 0.0442. The van der Waals surface area contributed by atoms with Crippen molar-refractivity contribution in [2.75, 3.05) is 52.3 Å². The number of aromatic carboxylic acids is 1. The number of hydrogen-bond acceptors (Lipinski definition) is 10. The summed E-state index contributed by atoms with van der Waals surface area (Å²) in [5, 5.41) is 13.8. The fraction of sp³-hybridized carbons (Fsp3) is 0.458. The number of aromatic amines is 1. The maximum Gasteiger partial charge on any atom is 0.348 e. The van der Waals surface area contributed by atoms with Crippen molar-refractivity contribution in [2.45, 2.75) is 25.5 Å². The Morgan fingerprint density at radius 3 is 2.69 bits per heavy atom. The van der Waals surface area contributed by atoms with Gasteiger partial charge in [-0.05, 0) is 27.4 Å². The number of anilines is 1. The Hall–Kier alpha value is -2.97. The molecule has 15 heteroatoms. The number of thiazole rings is 1. The molecule has 0 spiro atoms. The molecular weight excluding hydrogens is 569 g/mol. The summed E-state index contributed by atoms with van der Waals surface area (Å²) in [4.78, 5) is 45.0. The highest BCUT2D eigenvalue weighted by Crippen LogP contribution is 2.35. The van der Waals surface area contributed by atoms with Crippen molar-refractivity contribution in [1.82, 2.24) is 30.2 Å². The summed E-state index contributed by atoms with van der Waals surface area (Å²) in [6.07, 6.45) is 3.08. The average molecular weight is 599 g/mol. The average Bonchev–Trinajstić information content (AvgIpc) is 3.47. The largest absolute Gasteiger partial charge is 0.477 e. The molecular formula is C24H29Cl2N7O5S. The number of hydrogen-bond donors (Lipinski definition) is 3. The van der Waals surface area contributed by atoms with Crippen molar-refractivity contribution in [1.29, 1.82) is 0 Å². The molecule has 1 aliphatic rings. The number of rotatable bonds is 10. The summed E-state index contributed by atoms with van der Waals surface area (Å²) in [6, 6.07) is -0.308. The normalized spacial score (nSPS) is 17.5. The maximum atomic E-state index is 12.9. The highest BCUT2D eigenvalue weighted by atomic mass is 35.5. The molecule has 39 heavy (non-hydrogen) atoms. The number of carbonyl (C=O) groups excluding carboxylic acids is 1. The van der Waals surface area contributed by atoms with Crippen molar-refractivity contribution in [3.8, 4) is 17.3 Å². The zero-order valence-electron chi connectivity index (χ0n) is 21.8. The standard InChI is InChI=1S/C24H29Cl2N7O5S/c1-12-17(25)18(26)20(28-12)22(34)30-13-5-6-33(11-15(13)37-4)24-31-19(21(39-24)23(35)36)14-9-27-10-16(29-14)38-8-7-32(2)3/h9-10,13,15,28H,5-8,11H2,1-4H3,(H,30,34)(H,35,36)/t13-,15+/m1/s1. The van der Waals surface area contributed by atoms with Gasteiger partial charge >= 0.3 is 5.97 Å². The minimum Gasteiger partial charge on any atom is -0.477 e. The van der Waals surface area contributed by atoms with E-state index in [1.807, 2.05) is 23.9 Å². The smallest absolute Gasteiger partial charge is 0.348 e. The van der Waals surface area contributed by atoms with Gasteiger partial charge in [0.15, 0.2) is 5.13 Å². The third kappa shape index (κ3) is 6.61. The molecule has 1 saturated heterocycles. The molecule has 0 aliphatic carbocycles. The molecule has 4 heterocycles. The number of carboxylic acid groups (broad SMARTS) is 1. The molecule has 12 nitrogen and oxygen atoms in total. The lowest BCUT2D eigenvalue weighted by atomic mass is 10.0. The van der Waals surface area contributed by atoms with Gasteiger partial charge in [-0.1, -0.05) is 34.5 Å². The topological polar surface area (TPSA) is 146 Å². The van der Waals surface area contributed by atoms with Crippen LogP contribution in [0.4, 0.5) is 5.13 Å². The van der Waals surface area contributed by atoms with Crippen LogP contribution in [-0.4, -0.2) is 101 Å². The van der Waals surface area contributed by atoms with Gasteiger partial charge in [0, 0.05) is 32.4 Å². The van der Waals surface area contributed by atoms with E-state index in [2.05, 4.69) is 25.3 Å². The Morgan fingerprint density at radius 2 is 2.05 bits per heavy atom. The predicted molar refractivity (Wildman–Crippen MR) is 149 cm³/mol. The highest BCUT2D eigenvalue weighted by molar-refractivity contribution is 7.17. The van der Waals surface area contributed by atoms with Crippen LogP contribution in [0.1, 0.15) is 32.3 Å². The number of amides is 1. The zero-order chi connectivity index (χ0) is 28.3. The third-order valence-corrected chi connectivity index (χ3v) is 8.23. The van der Waals surface area contributed by atoms with Crippen molar-refractivity contribution in [3.63, 3.8) is 0 Å². The van der Waals surface area contributed by atoms with Crippen LogP contribution in [0.2, 0.25) is 10.0 Å². The second-order valence-corrected chi connectivity index (χ2v) is 10.9. The number of piperidine rings is 1. The molecule has 0 aromatic carbocycles. The Kier molecular flexibility index (Phi) is 9.28. The Bertz CT molecular complexity index is 1350. The number of methoxy groups -OCH3 is 1. The number of likely N-dealkylation sites (N-methyl/N-ethyl adjacent to an activating group) is 1. The molecule has 3 aromatic rings. The van der Waals surface area contributed by atoms with E-state index in [0.29, 0.717) is 54.2 Å². The second kappa shape index (κ2) is 12.5.